The molecule has 0 aromatic carbocycles. The second-order valence-corrected chi connectivity index (χ2v) is 8.96. The first-order valence-electron chi connectivity index (χ1n) is 9.85. The van der Waals surface area contributed by atoms with E-state index in [1.165, 1.54) is 6.92 Å². The van der Waals surface area contributed by atoms with E-state index in [0.29, 0.717) is 12.5 Å². The molecular formula is C18H27B2N3O3. The number of ether oxygens (including phenoxy) is 1. The number of fused-ring (bicyclic) bond motifs is 2. The SMILES string of the molecule is [B]C([B])(C)OC(=O)N1C2CCC1CC(N1CCC3(CC1)CNC(=O)C3)C2. The van der Waals surface area contributed by atoms with Crippen molar-refractivity contribution in [1.29, 1.82) is 0 Å². The zero-order valence-corrected chi connectivity index (χ0v) is 15.6. The highest BCUT2D eigenvalue weighted by Gasteiger charge is 2.48. The highest BCUT2D eigenvalue weighted by Crippen LogP contribution is 2.42. The molecule has 4 fully saturated rings. The lowest BCUT2D eigenvalue weighted by Gasteiger charge is -2.47. The molecule has 138 valence electrons. The highest BCUT2D eigenvalue weighted by molar-refractivity contribution is 6.39. The fourth-order valence-corrected chi connectivity index (χ4v) is 5.45. The van der Waals surface area contributed by atoms with Crippen LogP contribution in [0.5, 0.6) is 0 Å². The van der Waals surface area contributed by atoms with Crippen molar-refractivity contribution in [2.75, 3.05) is 19.6 Å². The summed E-state index contributed by atoms with van der Waals surface area (Å²) >= 11 is 0. The number of nitrogens with zero attached hydrogens (tertiary/aromatic N) is 2. The molecule has 1 spiro atoms. The van der Waals surface area contributed by atoms with Crippen LogP contribution >= 0.6 is 0 Å². The minimum Gasteiger partial charge on any atom is -0.464 e. The number of rotatable bonds is 2. The number of hydrogen-bond donors (Lipinski definition) is 1. The summed E-state index contributed by atoms with van der Waals surface area (Å²) in [7, 11) is 11.3. The van der Waals surface area contributed by atoms with Crippen molar-refractivity contribution in [3.8, 4) is 0 Å². The van der Waals surface area contributed by atoms with Crippen molar-refractivity contribution in [2.24, 2.45) is 5.41 Å². The zero-order chi connectivity index (χ0) is 18.5. The average molecular weight is 355 g/mol. The van der Waals surface area contributed by atoms with E-state index in [-0.39, 0.29) is 29.5 Å². The Hall–Kier alpha value is -1.17. The molecule has 8 heteroatoms. The van der Waals surface area contributed by atoms with Crippen LogP contribution in [0.3, 0.4) is 0 Å². The molecule has 1 N–H and O–H groups in total. The number of piperidine rings is 2. The van der Waals surface area contributed by atoms with Gasteiger partial charge in [-0.3, -0.25) is 4.79 Å². The number of carbonyl (C=O) groups excluding carboxylic acids is 2. The predicted molar refractivity (Wildman–Crippen MR) is 98.9 cm³/mol. The lowest BCUT2D eigenvalue weighted by molar-refractivity contribution is -0.119. The van der Waals surface area contributed by atoms with Crippen LogP contribution in [0.2, 0.25) is 0 Å². The number of nitrogens with one attached hydrogen (secondary N) is 1. The quantitative estimate of drug-likeness (QED) is 0.742. The molecular weight excluding hydrogens is 328 g/mol. The summed E-state index contributed by atoms with van der Waals surface area (Å²) < 4.78 is 5.20. The van der Waals surface area contributed by atoms with E-state index in [9.17, 15) is 9.59 Å². The fourth-order valence-electron chi connectivity index (χ4n) is 5.45. The van der Waals surface area contributed by atoms with E-state index in [1.54, 1.807) is 0 Å². The normalized spacial score (nSPS) is 34.1. The third-order valence-corrected chi connectivity index (χ3v) is 6.80. The summed E-state index contributed by atoms with van der Waals surface area (Å²) in [5, 5.41) is 1.57. The van der Waals surface area contributed by atoms with Gasteiger partial charge in [-0.15, -0.1) is 0 Å². The van der Waals surface area contributed by atoms with Crippen molar-refractivity contribution in [1.82, 2.24) is 15.1 Å². The van der Waals surface area contributed by atoms with Crippen LogP contribution in [0.25, 0.3) is 0 Å². The van der Waals surface area contributed by atoms with Gasteiger partial charge in [-0.25, -0.2) is 4.79 Å². The van der Waals surface area contributed by atoms with Gasteiger partial charge in [0.2, 0.25) is 5.91 Å². The Bertz CT molecular complexity index is 573. The van der Waals surface area contributed by atoms with Gasteiger partial charge in [-0.05, 0) is 64.0 Å². The molecule has 4 aliphatic rings. The highest BCUT2D eigenvalue weighted by atomic mass is 16.6. The standard InChI is InChI=1S/C18H27B2N3O3/c1-17(19,20)26-16(25)23-12-2-3-13(23)9-14(8-12)22-6-4-18(5-7-22)10-15(24)21-11-18/h12-14H,2-11H2,1H3,(H,21,24). The Kier molecular flexibility index (Phi) is 4.53. The van der Waals surface area contributed by atoms with Crippen molar-refractivity contribution < 1.29 is 14.3 Å². The van der Waals surface area contributed by atoms with Gasteiger partial charge in [0, 0.05) is 36.5 Å². The Labute approximate surface area is 158 Å². The smallest absolute Gasteiger partial charge is 0.409 e. The molecule has 4 aliphatic heterocycles. The lowest BCUT2D eigenvalue weighted by Crippen LogP contribution is -2.55. The first-order chi connectivity index (χ1) is 12.2. The summed E-state index contributed by atoms with van der Waals surface area (Å²) in [4.78, 5) is 28.5. The third-order valence-electron chi connectivity index (χ3n) is 6.80. The van der Waals surface area contributed by atoms with Crippen molar-refractivity contribution in [3.05, 3.63) is 0 Å². The van der Waals surface area contributed by atoms with Crippen molar-refractivity contribution in [3.63, 3.8) is 0 Å². The van der Waals surface area contributed by atoms with Gasteiger partial charge in [0.25, 0.3) is 0 Å². The van der Waals surface area contributed by atoms with Gasteiger partial charge in [-0.2, -0.15) is 0 Å². The lowest BCUT2D eigenvalue weighted by atomic mass is 9.67. The van der Waals surface area contributed by atoms with Gasteiger partial charge in [0.1, 0.15) is 15.7 Å². The van der Waals surface area contributed by atoms with E-state index in [2.05, 4.69) is 10.2 Å². The van der Waals surface area contributed by atoms with Crippen LogP contribution in [0.1, 0.15) is 51.9 Å². The van der Waals surface area contributed by atoms with Crippen LogP contribution in [-0.4, -0.2) is 80.7 Å². The Morgan fingerprint density at radius 3 is 2.31 bits per heavy atom. The van der Waals surface area contributed by atoms with Gasteiger partial charge in [0.15, 0.2) is 0 Å². The molecule has 0 aliphatic carbocycles. The second kappa shape index (κ2) is 6.47. The molecule has 2 unspecified atom stereocenters. The average Bonchev–Trinajstić information content (AvgIpc) is 3.04. The minimum absolute atomic E-state index is 0.184. The van der Waals surface area contributed by atoms with E-state index in [1.807, 2.05) is 4.90 Å². The van der Waals surface area contributed by atoms with E-state index >= 15 is 0 Å². The summed E-state index contributed by atoms with van der Waals surface area (Å²) in [5.74, 6) is 0.204. The first-order valence-corrected chi connectivity index (χ1v) is 9.85. The summed E-state index contributed by atoms with van der Waals surface area (Å²) in [6.07, 6.45) is 6.51. The molecule has 4 heterocycles. The Morgan fingerprint density at radius 2 is 1.81 bits per heavy atom. The number of carbonyl (C=O) groups is 2. The molecule has 0 aromatic rings. The monoisotopic (exact) mass is 355 g/mol. The molecule has 6 nitrogen and oxygen atoms in total. The Morgan fingerprint density at radius 1 is 1.19 bits per heavy atom. The van der Waals surface area contributed by atoms with Crippen LogP contribution in [0, 0.1) is 5.41 Å². The Balaban J connectivity index is 1.35. The van der Waals surface area contributed by atoms with Crippen LogP contribution in [-0.2, 0) is 9.53 Å². The summed E-state index contributed by atoms with van der Waals surface area (Å²) in [6.45, 7) is 4.43. The van der Waals surface area contributed by atoms with Crippen molar-refractivity contribution in [2.45, 2.75) is 75.4 Å². The number of likely N-dealkylation sites (tertiary alicyclic amines) is 1. The van der Waals surface area contributed by atoms with Crippen LogP contribution in [0.4, 0.5) is 4.79 Å². The van der Waals surface area contributed by atoms with Crippen molar-refractivity contribution >= 4 is 27.7 Å². The maximum atomic E-state index is 12.4. The van der Waals surface area contributed by atoms with Gasteiger partial charge < -0.3 is 19.9 Å². The third kappa shape index (κ3) is 3.49. The molecule has 0 saturated carbocycles. The fraction of sp³-hybridized carbons (Fsp3) is 0.889. The zero-order valence-electron chi connectivity index (χ0n) is 15.6. The maximum absolute atomic E-state index is 12.4. The largest absolute Gasteiger partial charge is 0.464 e. The molecule has 26 heavy (non-hydrogen) atoms. The van der Waals surface area contributed by atoms with Crippen LogP contribution in [0.15, 0.2) is 0 Å². The first kappa shape index (κ1) is 18.2. The van der Waals surface area contributed by atoms with Gasteiger partial charge >= 0.3 is 6.09 Å². The molecule has 4 saturated heterocycles. The van der Waals surface area contributed by atoms with E-state index in [0.717, 1.165) is 58.2 Å². The van der Waals surface area contributed by atoms with E-state index in [4.69, 9.17) is 20.4 Å². The predicted octanol–water partition coefficient (Wildman–Crippen LogP) is 0.731. The van der Waals surface area contributed by atoms with E-state index < -0.39 is 5.40 Å². The molecule has 0 aromatic heterocycles. The molecule has 2 bridgehead atoms. The van der Waals surface area contributed by atoms with Gasteiger partial charge in [-0.1, -0.05) is 0 Å². The minimum atomic E-state index is -1.43. The maximum Gasteiger partial charge on any atom is 0.409 e. The number of amides is 2. The summed E-state index contributed by atoms with van der Waals surface area (Å²) in [5.41, 5.74) is 0.184. The van der Waals surface area contributed by atoms with Crippen LogP contribution < -0.4 is 5.32 Å². The molecule has 4 rings (SSSR count). The van der Waals surface area contributed by atoms with Gasteiger partial charge in [0.05, 0.1) is 0 Å². The molecule has 4 radical (unpaired) electrons. The number of hydrogen-bond acceptors (Lipinski definition) is 4. The molecule has 2 atom stereocenters. The summed E-state index contributed by atoms with van der Waals surface area (Å²) in [6, 6.07) is 0.958. The molecule has 2 amide bonds. The topological polar surface area (TPSA) is 61.9 Å². The second-order valence-electron chi connectivity index (χ2n) is 8.96.